The summed E-state index contributed by atoms with van der Waals surface area (Å²) in [6, 6.07) is 13.1. The first-order valence-corrected chi connectivity index (χ1v) is 10.1. The minimum absolute atomic E-state index is 0.572. The highest BCUT2D eigenvalue weighted by Gasteiger charge is 2.21. The molecule has 0 radical (unpaired) electrons. The number of nitrogens with one attached hydrogen (secondary N) is 2. The SMILES string of the molecule is CN=C(NCc1ccnc(N2CCCC2)c1)NCC1CCc2ccccc21. The van der Waals surface area contributed by atoms with Crippen LogP contribution in [0.5, 0.6) is 0 Å². The number of fused-ring (bicyclic) bond motifs is 1. The monoisotopic (exact) mass is 363 g/mol. The first kappa shape index (κ1) is 17.8. The fraction of sp³-hybridized carbons (Fsp3) is 0.455. The molecule has 1 unspecified atom stereocenters. The first-order valence-electron chi connectivity index (χ1n) is 10.1. The second kappa shape index (κ2) is 8.42. The summed E-state index contributed by atoms with van der Waals surface area (Å²) in [6.07, 6.45) is 6.85. The average molecular weight is 364 g/mol. The van der Waals surface area contributed by atoms with E-state index in [1.54, 1.807) is 0 Å². The molecule has 1 atom stereocenters. The van der Waals surface area contributed by atoms with E-state index < -0.39 is 0 Å². The quantitative estimate of drug-likeness (QED) is 0.633. The summed E-state index contributed by atoms with van der Waals surface area (Å²) in [5, 5.41) is 6.95. The molecule has 2 aromatic rings. The molecule has 2 heterocycles. The summed E-state index contributed by atoms with van der Waals surface area (Å²) in [7, 11) is 1.83. The molecule has 27 heavy (non-hydrogen) atoms. The highest BCUT2D eigenvalue weighted by atomic mass is 15.2. The molecule has 1 aliphatic heterocycles. The molecule has 1 aromatic carbocycles. The molecule has 1 aliphatic carbocycles. The van der Waals surface area contributed by atoms with Crippen LogP contribution in [0.3, 0.4) is 0 Å². The fourth-order valence-corrected chi connectivity index (χ4v) is 4.17. The summed E-state index contributed by atoms with van der Waals surface area (Å²) in [5.41, 5.74) is 4.23. The van der Waals surface area contributed by atoms with Gasteiger partial charge in [-0.1, -0.05) is 24.3 Å². The molecule has 1 saturated heterocycles. The van der Waals surface area contributed by atoms with Crippen LogP contribution in [0.4, 0.5) is 5.82 Å². The van der Waals surface area contributed by atoms with E-state index in [0.717, 1.165) is 38.0 Å². The summed E-state index contributed by atoms with van der Waals surface area (Å²) >= 11 is 0. The van der Waals surface area contributed by atoms with E-state index >= 15 is 0 Å². The summed E-state index contributed by atoms with van der Waals surface area (Å²) in [4.78, 5) is 11.3. The van der Waals surface area contributed by atoms with E-state index in [1.165, 1.54) is 42.4 Å². The van der Waals surface area contributed by atoms with Gasteiger partial charge in [-0.05, 0) is 54.5 Å². The zero-order chi connectivity index (χ0) is 18.5. The normalized spacial score (nSPS) is 19.2. The lowest BCUT2D eigenvalue weighted by Crippen LogP contribution is -2.38. The van der Waals surface area contributed by atoms with Crippen LogP contribution in [0.15, 0.2) is 47.6 Å². The van der Waals surface area contributed by atoms with Crippen molar-refractivity contribution in [3.05, 3.63) is 59.3 Å². The summed E-state index contributed by atoms with van der Waals surface area (Å²) < 4.78 is 0. The van der Waals surface area contributed by atoms with Crippen molar-refractivity contribution in [2.45, 2.75) is 38.1 Å². The molecule has 0 saturated carbocycles. The van der Waals surface area contributed by atoms with Gasteiger partial charge in [0.2, 0.25) is 0 Å². The molecule has 5 nitrogen and oxygen atoms in total. The second-order valence-corrected chi connectivity index (χ2v) is 7.46. The molecular formula is C22H29N5. The molecule has 1 aromatic heterocycles. The third-order valence-corrected chi connectivity index (χ3v) is 5.70. The highest BCUT2D eigenvalue weighted by Crippen LogP contribution is 2.32. The molecule has 0 spiro atoms. The number of pyridine rings is 1. The van der Waals surface area contributed by atoms with Crippen molar-refractivity contribution < 1.29 is 0 Å². The number of aryl methyl sites for hydroxylation is 1. The Kier molecular flexibility index (Phi) is 5.56. The zero-order valence-corrected chi connectivity index (χ0v) is 16.1. The predicted molar refractivity (Wildman–Crippen MR) is 111 cm³/mol. The van der Waals surface area contributed by atoms with E-state index in [-0.39, 0.29) is 0 Å². The summed E-state index contributed by atoms with van der Waals surface area (Å²) in [5.74, 6) is 2.53. The number of benzene rings is 1. The molecule has 4 rings (SSSR count). The lowest BCUT2D eigenvalue weighted by atomic mass is 10.0. The van der Waals surface area contributed by atoms with Gasteiger partial charge >= 0.3 is 0 Å². The fourth-order valence-electron chi connectivity index (χ4n) is 4.17. The van der Waals surface area contributed by atoms with Crippen LogP contribution in [0.2, 0.25) is 0 Å². The lowest BCUT2D eigenvalue weighted by molar-refractivity contribution is 0.641. The van der Waals surface area contributed by atoms with Gasteiger partial charge in [0.1, 0.15) is 5.82 Å². The predicted octanol–water partition coefficient (Wildman–Crippen LogP) is 3.08. The van der Waals surface area contributed by atoms with Gasteiger partial charge in [-0.2, -0.15) is 0 Å². The van der Waals surface area contributed by atoms with Gasteiger partial charge in [0, 0.05) is 45.3 Å². The number of anilines is 1. The lowest BCUT2D eigenvalue weighted by Gasteiger charge is -2.18. The molecule has 0 amide bonds. The van der Waals surface area contributed by atoms with Gasteiger partial charge < -0.3 is 15.5 Å². The van der Waals surface area contributed by atoms with E-state index in [0.29, 0.717) is 5.92 Å². The van der Waals surface area contributed by atoms with Crippen LogP contribution in [-0.4, -0.2) is 37.6 Å². The maximum absolute atomic E-state index is 4.53. The Morgan fingerprint density at radius 1 is 1.19 bits per heavy atom. The van der Waals surface area contributed by atoms with E-state index in [9.17, 15) is 0 Å². The number of hydrogen-bond donors (Lipinski definition) is 2. The van der Waals surface area contributed by atoms with Crippen LogP contribution >= 0.6 is 0 Å². The van der Waals surface area contributed by atoms with E-state index in [4.69, 9.17) is 0 Å². The van der Waals surface area contributed by atoms with Gasteiger partial charge in [0.15, 0.2) is 5.96 Å². The van der Waals surface area contributed by atoms with E-state index in [1.807, 2.05) is 13.2 Å². The van der Waals surface area contributed by atoms with E-state index in [2.05, 4.69) is 61.9 Å². The minimum Gasteiger partial charge on any atom is -0.357 e. The largest absolute Gasteiger partial charge is 0.357 e. The molecular weight excluding hydrogens is 334 g/mol. The molecule has 142 valence electrons. The van der Waals surface area contributed by atoms with Crippen LogP contribution in [-0.2, 0) is 13.0 Å². The van der Waals surface area contributed by atoms with Crippen molar-refractivity contribution in [2.24, 2.45) is 4.99 Å². The molecule has 2 N–H and O–H groups in total. The van der Waals surface area contributed by atoms with Crippen LogP contribution in [0, 0.1) is 0 Å². The van der Waals surface area contributed by atoms with Crippen LogP contribution in [0.1, 0.15) is 41.9 Å². The number of guanidine groups is 1. The number of hydrogen-bond acceptors (Lipinski definition) is 3. The first-order chi connectivity index (χ1) is 13.3. The Labute approximate surface area is 161 Å². The smallest absolute Gasteiger partial charge is 0.191 e. The molecule has 0 bridgehead atoms. The molecule has 1 fully saturated rings. The topological polar surface area (TPSA) is 52.6 Å². The van der Waals surface area contributed by atoms with Gasteiger partial charge in [0.25, 0.3) is 0 Å². The third kappa shape index (κ3) is 4.24. The van der Waals surface area contributed by atoms with Crippen molar-refractivity contribution in [2.75, 3.05) is 31.6 Å². The summed E-state index contributed by atoms with van der Waals surface area (Å²) in [6.45, 7) is 3.92. The van der Waals surface area contributed by atoms with Crippen LogP contribution < -0.4 is 15.5 Å². The van der Waals surface area contributed by atoms with Crippen LogP contribution in [0.25, 0.3) is 0 Å². The van der Waals surface area contributed by atoms with Gasteiger partial charge in [0.05, 0.1) is 0 Å². The maximum Gasteiger partial charge on any atom is 0.191 e. The highest BCUT2D eigenvalue weighted by molar-refractivity contribution is 5.79. The number of rotatable bonds is 5. The molecule has 5 heteroatoms. The average Bonchev–Trinajstić information content (AvgIpc) is 3.39. The second-order valence-electron chi connectivity index (χ2n) is 7.46. The molecule has 2 aliphatic rings. The van der Waals surface area contributed by atoms with Crippen molar-refractivity contribution in [3.63, 3.8) is 0 Å². The van der Waals surface area contributed by atoms with Gasteiger partial charge in [-0.25, -0.2) is 4.98 Å². The van der Waals surface area contributed by atoms with Crippen molar-refractivity contribution in [1.29, 1.82) is 0 Å². The minimum atomic E-state index is 0.572. The Bertz CT molecular complexity index is 795. The number of aromatic nitrogens is 1. The van der Waals surface area contributed by atoms with Gasteiger partial charge in [-0.15, -0.1) is 0 Å². The maximum atomic E-state index is 4.53. The van der Waals surface area contributed by atoms with Crippen molar-refractivity contribution >= 4 is 11.8 Å². The Balaban J connectivity index is 1.30. The van der Waals surface area contributed by atoms with Crippen molar-refractivity contribution in [3.8, 4) is 0 Å². The number of nitrogens with zero attached hydrogens (tertiary/aromatic N) is 3. The Hall–Kier alpha value is -2.56. The number of aliphatic imine (C=N–C) groups is 1. The Morgan fingerprint density at radius 2 is 2.04 bits per heavy atom. The Morgan fingerprint density at radius 3 is 2.89 bits per heavy atom. The third-order valence-electron chi connectivity index (χ3n) is 5.70. The van der Waals surface area contributed by atoms with Gasteiger partial charge in [-0.3, -0.25) is 4.99 Å². The standard InChI is InChI=1S/C22H29N5/c1-23-22(26-16-19-9-8-18-6-2-3-7-20(18)19)25-15-17-10-11-24-21(14-17)27-12-4-5-13-27/h2-3,6-7,10-11,14,19H,4-5,8-9,12-13,15-16H2,1H3,(H2,23,25,26). The van der Waals surface area contributed by atoms with Crippen molar-refractivity contribution in [1.82, 2.24) is 15.6 Å². The zero-order valence-electron chi connectivity index (χ0n) is 16.1.